The number of hydrogen-bond acceptors (Lipinski definition) is 3. The van der Waals surface area contributed by atoms with Crippen molar-refractivity contribution in [2.75, 3.05) is 0 Å². The molecule has 0 aliphatic heterocycles. The summed E-state index contributed by atoms with van der Waals surface area (Å²) in [6.45, 7) is 3.84. The summed E-state index contributed by atoms with van der Waals surface area (Å²) < 4.78 is 5.30. The van der Waals surface area contributed by atoms with Gasteiger partial charge in [-0.1, -0.05) is 18.2 Å². The molecule has 18 heavy (non-hydrogen) atoms. The van der Waals surface area contributed by atoms with E-state index in [0.717, 1.165) is 0 Å². The summed E-state index contributed by atoms with van der Waals surface area (Å²) >= 11 is 0. The summed E-state index contributed by atoms with van der Waals surface area (Å²) in [6.07, 6.45) is 0. The van der Waals surface area contributed by atoms with Crippen LogP contribution in [0.15, 0.2) is 34.7 Å². The molecule has 2 N–H and O–H groups in total. The largest absolute Gasteiger partial charge is 0.508 e. The third-order valence-corrected chi connectivity index (χ3v) is 2.72. The standard InChI is InChI=1S/C14H15NO3/c1-9-7-12(10(2)18-9)14(17)15-8-11-5-3-4-6-13(11)16/h3-7,16H,8H2,1-2H3,(H,15,17). The van der Waals surface area contributed by atoms with E-state index in [-0.39, 0.29) is 18.2 Å². The molecular weight excluding hydrogens is 230 g/mol. The third kappa shape index (κ3) is 2.53. The topological polar surface area (TPSA) is 62.5 Å². The van der Waals surface area contributed by atoms with E-state index in [1.807, 2.05) is 6.07 Å². The predicted molar refractivity (Wildman–Crippen MR) is 67.5 cm³/mol. The Hall–Kier alpha value is -2.23. The van der Waals surface area contributed by atoms with Crippen LogP contribution in [-0.2, 0) is 6.54 Å². The van der Waals surface area contributed by atoms with Crippen LogP contribution in [-0.4, -0.2) is 11.0 Å². The van der Waals surface area contributed by atoms with Crippen molar-refractivity contribution in [2.45, 2.75) is 20.4 Å². The first kappa shape index (κ1) is 12.2. The number of aryl methyl sites for hydroxylation is 2. The number of para-hydroxylation sites is 1. The Labute approximate surface area is 105 Å². The van der Waals surface area contributed by atoms with Gasteiger partial charge in [0.25, 0.3) is 5.91 Å². The lowest BCUT2D eigenvalue weighted by Gasteiger charge is -2.06. The molecule has 4 heteroatoms. The fourth-order valence-corrected chi connectivity index (χ4v) is 1.79. The predicted octanol–water partition coefficient (Wildman–Crippen LogP) is 2.53. The van der Waals surface area contributed by atoms with E-state index < -0.39 is 0 Å². The number of aromatic hydroxyl groups is 1. The zero-order valence-corrected chi connectivity index (χ0v) is 10.4. The van der Waals surface area contributed by atoms with E-state index >= 15 is 0 Å². The van der Waals surface area contributed by atoms with Crippen LogP contribution < -0.4 is 5.32 Å². The van der Waals surface area contributed by atoms with Gasteiger partial charge in [0.15, 0.2) is 0 Å². The quantitative estimate of drug-likeness (QED) is 0.873. The van der Waals surface area contributed by atoms with Crippen molar-refractivity contribution in [1.82, 2.24) is 5.32 Å². The molecular formula is C14H15NO3. The molecule has 0 fully saturated rings. The smallest absolute Gasteiger partial charge is 0.255 e. The summed E-state index contributed by atoms with van der Waals surface area (Å²) in [5, 5.41) is 12.3. The van der Waals surface area contributed by atoms with Crippen LogP contribution in [0.2, 0.25) is 0 Å². The number of amides is 1. The van der Waals surface area contributed by atoms with Crippen molar-refractivity contribution >= 4 is 5.91 Å². The lowest BCUT2D eigenvalue weighted by atomic mass is 10.2. The molecule has 1 heterocycles. The van der Waals surface area contributed by atoms with Crippen LogP contribution in [0.25, 0.3) is 0 Å². The molecule has 0 atom stereocenters. The molecule has 1 aromatic heterocycles. The summed E-state index contributed by atoms with van der Waals surface area (Å²) in [4.78, 5) is 11.9. The summed E-state index contributed by atoms with van der Waals surface area (Å²) in [5.74, 6) is 1.29. The number of rotatable bonds is 3. The van der Waals surface area contributed by atoms with Crippen LogP contribution in [0.1, 0.15) is 27.4 Å². The molecule has 4 nitrogen and oxygen atoms in total. The average Bonchev–Trinajstić information content (AvgIpc) is 2.67. The number of carbonyl (C=O) groups is 1. The second-order valence-corrected chi connectivity index (χ2v) is 4.14. The highest BCUT2D eigenvalue weighted by Gasteiger charge is 2.13. The van der Waals surface area contributed by atoms with E-state index in [0.29, 0.717) is 22.6 Å². The monoisotopic (exact) mass is 245 g/mol. The van der Waals surface area contributed by atoms with Crippen molar-refractivity contribution in [3.8, 4) is 5.75 Å². The Balaban J connectivity index is 2.05. The van der Waals surface area contributed by atoms with Crippen molar-refractivity contribution in [1.29, 1.82) is 0 Å². The van der Waals surface area contributed by atoms with E-state index in [9.17, 15) is 9.90 Å². The normalized spacial score (nSPS) is 10.3. The van der Waals surface area contributed by atoms with Crippen LogP contribution in [0.5, 0.6) is 5.75 Å². The van der Waals surface area contributed by atoms with E-state index in [2.05, 4.69) is 5.32 Å². The van der Waals surface area contributed by atoms with E-state index in [1.54, 1.807) is 38.1 Å². The maximum atomic E-state index is 11.9. The first-order chi connectivity index (χ1) is 8.58. The van der Waals surface area contributed by atoms with Crippen LogP contribution in [0.3, 0.4) is 0 Å². The Morgan fingerprint density at radius 2 is 2.06 bits per heavy atom. The molecule has 2 rings (SSSR count). The van der Waals surface area contributed by atoms with Gasteiger partial charge in [-0.05, 0) is 26.0 Å². The van der Waals surface area contributed by atoms with E-state index in [4.69, 9.17) is 4.42 Å². The molecule has 0 bridgehead atoms. The Kier molecular flexibility index (Phi) is 3.37. The summed E-state index contributed by atoms with van der Waals surface area (Å²) in [7, 11) is 0. The van der Waals surface area contributed by atoms with Gasteiger partial charge in [-0.3, -0.25) is 4.79 Å². The fraction of sp³-hybridized carbons (Fsp3) is 0.214. The highest BCUT2D eigenvalue weighted by atomic mass is 16.3. The first-order valence-corrected chi connectivity index (χ1v) is 5.70. The van der Waals surface area contributed by atoms with E-state index in [1.165, 1.54) is 0 Å². The number of nitrogens with one attached hydrogen (secondary N) is 1. The lowest BCUT2D eigenvalue weighted by Crippen LogP contribution is -2.22. The molecule has 0 spiro atoms. The fourth-order valence-electron chi connectivity index (χ4n) is 1.79. The molecule has 0 unspecified atom stereocenters. The molecule has 1 amide bonds. The van der Waals surface area contributed by atoms with Crippen LogP contribution in [0, 0.1) is 13.8 Å². The van der Waals surface area contributed by atoms with Crippen LogP contribution >= 0.6 is 0 Å². The lowest BCUT2D eigenvalue weighted by molar-refractivity contribution is 0.0949. The van der Waals surface area contributed by atoms with Crippen molar-refractivity contribution in [2.24, 2.45) is 0 Å². The molecule has 1 aromatic carbocycles. The molecule has 0 saturated carbocycles. The van der Waals surface area contributed by atoms with Gasteiger partial charge >= 0.3 is 0 Å². The van der Waals surface area contributed by atoms with Gasteiger partial charge in [-0.2, -0.15) is 0 Å². The molecule has 0 radical (unpaired) electrons. The van der Waals surface area contributed by atoms with Gasteiger partial charge in [0.05, 0.1) is 5.56 Å². The number of phenols is 1. The van der Waals surface area contributed by atoms with Gasteiger partial charge in [-0.25, -0.2) is 0 Å². The molecule has 0 aliphatic rings. The minimum atomic E-state index is -0.201. The second kappa shape index (κ2) is 4.96. The van der Waals surface area contributed by atoms with Gasteiger partial charge in [0.1, 0.15) is 17.3 Å². The number of phenolic OH excluding ortho intramolecular Hbond substituents is 1. The van der Waals surface area contributed by atoms with Crippen molar-refractivity contribution in [3.63, 3.8) is 0 Å². The maximum Gasteiger partial charge on any atom is 0.255 e. The van der Waals surface area contributed by atoms with Gasteiger partial charge in [0, 0.05) is 12.1 Å². The Morgan fingerprint density at radius 3 is 2.67 bits per heavy atom. The molecule has 0 aliphatic carbocycles. The van der Waals surface area contributed by atoms with Crippen molar-refractivity contribution < 1.29 is 14.3 Å². The van der Waals surface area contributed by atoms with Gasteiger partial charge in [-0.15, -0.1) is 0 Å². The Morgan fingerprint density at radius 1 is 1.33 bits per heavy atom. The maximum absolute atomic E-state index is 11.9. The Bertz CT molecular complexity index is 572. The second-order valence-electron chi connectivity index (χ2n) is 4.14. The molecule has 0 saturated heterocycles. The average molecular weight is 245 g/mol. The third-order valence-electron chi connectivity index (χ3n) is 2.72. The van der Waals surface area contributed by atoms with Gasteiger partial charge in [0.2, 0.25) is 0 Å². The molecule has 94 valence electrons. The van der Waals surface area contributed by atoms with Crippen LogP contribution in [0.4, 0.5) is 0 Å². The summed E-state index contributed by atoms with van der Waals surface area (Å²) in [5.41, 5.74) is 1.21. The summed E-state index contributed by atoms with van der Waals surface area (Å²) in [6, 6.07) is 8.62. The zero-order chi connectivity index (χ0) is 13.1. The minimum absolute atomic E-state index is 0.179. The van der Waals surface area contributed by atoms with Crippen molar-refractivity contribution in [3.05, 3.63) is 53.0 Å². The number of hydrogen-bond donors (Lipinski definition) is 2. The number of furan rings is 1. The minimum Gasteiger partial charge on any atom is -0.508 e. The first-order valence-electron chi connectivity index (χ1n) is 5.70. The zero-order valence-electron chi connectivity index (χ0n) is 10.4. The van der Waals surface area contributed by atoms with Gasteiger partial charge < -0.3 is 14.8 Å². The SMILES string of the molecule is Cc1cc(C(=O)NCc2ccccc2O)c(C)o1. The molecule has 2 aromatic rings. The number of benzene rings is 1. The highest BCUT2D eigenvalue weighted by molar-refractivity contribution is 5.95. The highest BCUT2D eigenvalue weighted by Crippen LogP contribution is 2.16. The number of carbonyl (C=O) groups excluding carboxylic acids is 1.